The van der Waals surface area contributed by atoms with Crippen LogP contribution in [0.25, 0.3) is 32.9 Å². The molecule has 0 radical (unpaired) electrons. The van der Waals surface area contributed by atoms with Gasteiger partial charge in [0.15, 0.2) is 0 Å². The number of aromatic nitrogens is 4. The van der Waals surface area contributed by atoms with Crippen molar-refractivity contribution in [2.45, 2.75) is 13.8 Å². The SMILES string of the molecule is COc1cnc2c(-c3nc(C)cs3)c(-c3ccnc(NC(C)=O)c3)[nH]c2c1. The van der Waals surface area contributed by atoms with Crippen molar-refractivity contribution in [1.29, 1.82) is 0 Å². The number of pyridine rings is 2. The Labute approximate surface area is 159 Å². The number of methoxy groups -OCH3 is 1. The smallest absolute Gasteiger partial charge is 0.222 e. The maximum absolute atomic E-state index is 11.4. The summed E-state index contributed by atoms with van der Waals surface area (Å²) in [7, 11) is 1.61. The second kappa shape index (κ2) is 6.81. The number of hydrogen-bond acceptors (Lipinski definition) is 6. The minimum absolute atomic E-state index is 0.168. The predicted molar refractivity (Wildman–Crippen MR) is 106 cm³/mol. The molecular formula is C19H17N5O2S. The number of carbonyl (C=O) groups excluding carboxylic acids is 1. The van der Waals surface area contributed by atoms with E-state index in [0.29, 0.717) is 11.6 Å². The first-order valence-electron chi connectivity index (χ1n) is 8.27. The van der Waals surface area contributed by atoms with Crippen LogP contribution in [0.2, 0.25) is 0 Å². The summed E-state index contributed by atoms with van der Waals surface area (Å²) in [5.41, 5.74) is 5.30. The quantitative estimate of drug-likeness (QED) is 0.558. The van der Waals surface area contributed by atoms with Crippen molar-refractivity contribution in [3.63, 3.8) is 0 Å². The molecular weight excluding hydrogens is 362 g/mol. The van der Waals surface area contributed by atoms with Crippen LogP contribution in [-0.4, -0.2) is 33.0 Å². The molecule has 0 aromatic carbocycles. The molecule has 136 valence electrons. The van der Waals surface area contributed by atoms with Crippen molar-refractivity contribution in [1.82, 2.24) is 19.9 Å². The Morgan fingerprint density at radius 2 is 2.15 bits per heavy atom. The number of H-pyrrole nitrogens is 1. The van der Waals surface area contributed by atoms with Gasteiger partial charge in [-0.15, -0.1) is 11.3 Å². The fourth-order valence-electron chi connectivity index (χ4n) is 2.90. The minimum atomic E-state index is -0.168. The molecule has 0 aliphatic carbocycles. The molecule has 7 nitrogen and oxygen atoms in total. The van der Waals surface area contributed by atoms with Crippen molar-refractivity contribution in [2.75, 3.05) is 12.4 Å². The topological polar surface area (TPSA) is 92.8 Å². The molecule has 0 bridgehead atoms. The third kappa shape index (κ3) is 3.26. The highest BCUT2D eigenvalue weighted by Crippen LogP contribution is 2.39. The average Bonchev–Trinajstić information content (AvgIpc) is 3.23. The summed E-state index contributed by atoms with van der Waals surface area (Å²) >= 11 is 1.57. The van der Waals surface area contributed by atoms with E-state index in [1.807, 2.05) is 30.5 Å². The third-order valence-electron chi connectivity index (χ3n) is 4.03. The Balaban J connectivity index is 1.95. The molecule has 0 unspecified atom stereocenters. The number of nitrogens with zero attached hydrogens (tertiary/aromatic N) is 3. The number of ether oxygens (including phenoxy) is 1. The van der Waals surface area contributed by atoms with Gasteiger partial charge < -0.3 is 15.0 Å². The number of aromatic amines is 1. The number of anilines is 1. The van der Waals surface area contributed by atoms with E-state index in [2.05, 4.69) is 25.3 Å². The normalized spacial score (nSPS) is 10.9. The van der Waals surface area contributed by atoms with E-state index in [9.17, 15) is 4.79 Å². The van der Waals surface area contributed by atoms with Crippen LogP contribution in [-0.2, 0) is 4.79 Å². The summed E-state index contributed by atoms with van der Waals surface area (Å²) in [6.07, 6.45) is 3.36. The molecule has 2 N–H and O–H groups in total. The van der Waals surface area contributed by atoms with Crippen LogP contribution in [0.5, 0.6) is 5.75 Å². The summed E-state index contributed by atoms with van der Waals surface area (Å²) in [4.78, 5) is 28.2. The Hall–Kier alpha value is -3.26. The van der Waals surface area contributed by atoms with Gasteiger partial charge in [0.05, 0.1) is 35.6 Å². The number of fused-ring (bicyclic) bond motifs is 1. The van der Waals surface area contributed by atoms with E-state index in [1.54, 1.807) is 30.8 Å². The first-order valence-corrected chi connectivity index (χ1v) is 9.15. The third-order valence-corrected chi connectivity index (χ3v) is 5.01. The van der Waals surface area contributed by atoms with Gasteiger partial charge in [-0.3, -0.25) is 4.79 Å². The highest BCUT2D eigenvalue weighted by molar-refractivity contribution is 7.13. The lowest BCUT2D eigenvalue weighted by Gasteiger charge is -2.05. The standard InChI is InChI=1S/C19H17N5O2S/c1-10-9-27-19(22-10)16-17(12-4-5-20-15(6-12)23-11(2)25)24-14-7-13(26-3)8-21-18(14)16/h4-9,24H,1-3H3,(H,20,23,25). The Morgan fingerprint density at radius 1 is 1.30 bits per heavy atom. The lowest BCUT2D eigenvalue weighted by molar-refractivity contribution is -0.114. The number of hydrogen-bond donors (Lipinski definition) is 2. The zero-order valence-corrected chi connectivity index (χ0v) is 15.8. The zero-order valence-electron chi connectivity index (χ0n) is 15.0. The van der Waals surface area contributed by atoms with Crippen LogP contribution >= 0.6 is 11.3 Å². The first-order chi connectivity index (χ1) is 13.0. The van der Waals surface area contributed by atoms with Crippen LogP contribution in [0.4, 0.5) is 5.82 Å². The second-order valence-corrected chi connectivity index (χ2v) is 6.91. The van der Waals surface area contributed by atoms with Gasteiger partial charge in [0, 0.05) is 35.8 Å². The molecule has 0 aliphatic heterocycles. The van der Waals surface area contributed by atoms with Crippen molar-refractivity contribution in [2.24, 2.45) is 0 Å². The molecule has 8 heteroatoms. The van der Waals surface area contributed by atoms with E-state index in [-0.39, 0.29) is 5.91 Å². The number of carbonyl (C=O) groups is 1. The van der Waals surface area contributed by atoms with Crippen molar-refractivity contribution < 1.29 is 9.53 Å². The highest BCUT2D eigenvalue weighted by atomic mass is 32.1. The monoisotopic (exact) mass is 379 g/mol. The van der Waals surface area contributed by atoms with E-state index in [4.69, 9.17) is 4.74 Å². The van der Waals surface area contributed by atoms with Crippen molar-refractivity contribution in [3.8, 4) is 27.6 Å². The van der Waals surface area contributed by atoms with Crippen LogP contribution in [0.15, 0.2) is 36.0 Å². The van der Waals surface area contributed by atoms with Gasteiger partial charge >= 0.3 is 0 Å². The first kappa shape index (κ1) is 17.2. The fourth-order valence-corrected chi connectivity index (χ4v) is 3.74. The second-order valence-electron chi connectivity index (χ2n) is 6.05. The van der Waals surface area contributed by atoms with Crippen LogP contribution in [0, 0.1) is 6.92 Å². The molecule has 4 rings (SSSR count). The summed E-state index contributed by atoms with van der Waals surface area (Å²) in [6.45, 7) is 3.42. The molecule has 0 saturated carbocycles. The van der Waals surface area contributed by atoms with E-state index < -0.39 is 0 Å². The van der Waals surface area contributed by atoms with Crippen molar-refractivity contribution >= 4 is 34.1 Å². The van der Waals surface area contributed by atoms with Gasteiger partial charge in [-0.1, -0.05) is 0 Å². The Morgan fingerprint density at radius 3 is 2.85 bits per heavy atom. The fraction of sp³-hybridized carbons (Fsp3) is 0.158. The molecule has 0 saturated heterocycles. The van der Waals surface area contributed by atoms with Gasteiger partial charge in [-0.25, -0.2) is 15.0 Å². The van der Waals surface area contributed by atoms with Gasteiger partial charge in [0.1, 0.15) is 16.6 Å². The maximum Gasteiger partial charge on any atom is 0.222 e. The largest absolute Gasteiger partial charge is 0.495 e. The molecule has 1 amide bonds. The van der Waals surface area contributed by atoms with Gasteiger partial charge in [0.25, 0.3) is 0 Å². The van der Waals surface area contributed by atoms with Crippen LogP contribution in [0.3, 0.4) is 0 Å². The van der Waals surface area contributed by atoms with Gasteiger partial charge in [-0.05, 0) is 19.1 Å². The summed E-state index contributed by atoms with van der Waals surface area (Å²) in [5, 5.41) is 5.61. The number of aryl methyl sites for hydroxylation is 1. The Bertz CT molecular complexity index is 1150. The molecule has 27 heavy (non-hydrogen) atoms. The highest BCUT2D eigenvalue weighted by Gasteiger charge is 2.19. The summed E-state index contributed by atoms with van der Waals surface area (Å²) in [5.74, 6) is 0.995. The zero-order chi connectivity index (χ0) is 19.0. The van der Waals surface area contributed by atoms with Crippen LogP contribution in [0.1, 0.15) is 12.6 Å². The number of thiazole rings is 1. The average molecular weight is 379 g/mol. The summed E-state index contributed by atoms with van der Waals surface area (Å²) < 4.78 is 5.30. The van der Waals surface area contributed by atoms with Crippen molar-refractivity contribution in [3.05, 3.63) is 41.7 Å². The summed E-state index contributed by atoms with van der Waals surface area (Å²) in [6, 6.07) is 5.62. The molecule has 0 atom stereocenters. The number of nitrogens with one attached hydrogen (secondary N) is 2. The molecule has 4 heterocycles. The molecule has 4 aromatic rings. The molecule has 0 fully saturated rings. The number of amides is 1. The molecule has 0 spiro atoms. The van der Waals surface area contributed by atoms with E-state index >= 15 is 0 Å². The maximum atomic E-state index is 11.4. The number of rotatable bonds is 4. The lowest BCUT2D eigenvalue weighted by atomic mass is 10.1. The minimum Gasteiger partial charge on any atom is -0.495 e. The van der Waals surface area contributed by atoms with Gasteiger partial charge in [-0.2, -0.15) is 0 Å². The molecule has 0 aliphatic rings. The van der Waals surface area contributed by atoms with E-state index in [1.165, 1.54) is 6.92 Å². The van der Waals surface area contributed by atoms with E-state index in [0.717, 1.165) is 38.6 Å². The molecule has 4 aromatic heterocycles. The van der Waals surface area contributed by atoms with Crippen LogP contribution < -0.4 is 10.1 Å². The predicted octanol–water partition coefficient (Wildman–Crippen LogP) is 4.02. The Kier molecular flexibility index (Phi) is 4.33. The van der Waals surface area contributed by atoms with Gasteiger partial charge in [0.2, 0.25) is 5.91 Å². The lowest BCUT2D eigenvalue weighted by Crippen LogP contribution is -2.07.